The Morgan fingerprint density at radius 3 is 2.71 bits per heavy atom. The summed E-state index contributed by atoms with van der Waals surface area (Å²) in [5.74, 6) is -1.22. The first-order chi connectivity index (χ1) is 7.99. The van der Waals surface area contributed by atoms with Gasteiger partial charge in [0.15, 0.2) is 0 Å². The fourth-order valence-corrected chi connectivity index (χ4v) is 1.74. The van der Waals surface area contributed by atoms with Crippen LogP contribution in [0.15, 0.2) is 22.6 Å². The number of nitrogens with zero attached hydrogens (tertiary/aromatic N) is 1. The number of carbonyl (C=O) groups is 1. The molecule has 0 aliphatic heterocycles. The maximum Gasteiger partial charge on any atom is 0.373 e. The summed E-state index contributed by atoms with van der Waals surface area (Å²) in [5, 5.41) is 9.72. The maximum atomic E-state index is 10.8. The van der Waals surface area contributed by atoms with E-state index in [1.807, 2.05) is 0 Å². The number of aromatic nitrogens is 1. The van der Waals surface area contributed by atoms with Crippen LogP contribution in [0.3, 0.4) is 0 Å². The first kappa shape index (κ1) is 12.0. The van der Waals surface area contributed by atoms with Gasteiger partial charge in [0.1, 0.15) is 0 Å². The molecule has 88 valence electrons. The van der Waals surface area contributed by atoms with Crippen LogP contribution in [0.1, 0.15) is 16.2 Å². The third-order valence-corrected chi connectivity index (χ3v) is 2.71. The molecule has 2 aromatic rings. The Morgan fingerprint density at radius 2 is 2.12 bits per heavy atom. The predicted octanol–water partition coefficient (Wildman–Crippen LogP) is 3.66. The normalized spacial score (nSPS) is 10.5. The Hall–Kier alpha value is -1.52. The number of aromatic carboxylic acids is 1. The molecule has 1 N–H and O–H groups in total. The minimum atomic E-state index is -1.17. The average molecular weight is 272 g/mol. The molecule has 0 aliphatic carbocycles. The molecular weight excluding hydrogens is 265 g/mol. The lowest BCUT2D eigenvalue weighted by molar-refractivity contribution is 0.0662. The SMILES string of the molecule is Cc1nc(-c2cc(Cl)ccc2Cl)oc1C(=O)O. The van der Waals surface area contributed by atoms with E-state index in [1.165, 1.54) is 0 Å². The number of benzene rings is 1. The van der Waals surface area contributed by atoms with Gasteiger partial charge in [0.25, 0.3) is 0 Å². The second-order valence-electron chi connectivity index (χ2n) is 3.36. The van der Waals surface area contributed by atoms with Gasteiger partial charge < -0.3 is 9.52 Å². The maximum absolute atomic E-state index is 10.8. The van der Waals surface area contributed by atoms with E-state index in [-0.39, 0.29) is 11.7 Å². The quantitative estimate of drug-likeness (QED) is 0.906. The summed E-state index contributed by atoms with van der Waals surface area (Å²) in [4.78, 5) is 14.8. The summed E-state index contributed by atoms with van der Waals surface area (Å²) >= 11 is 11.8. The zero-order valence-electron chi connectivity index (χ0n) is 8.70. The molecule has 1 aromatic heterocycles. The van der Waals surface area contributed by atoms with E-state index in [0.29, 0.717) is 21.3 Å². The van der Waals surface area contributed by atoms with Gasteiger partial charge in [-0.25, -0.2) is 9.78 Å². The van der Waals surface area contributed by atoms with Crippen LogP contribution in [-0.2, 0) is 0 Å². The molecule has 0 saturated heterocycles. The number of aryl methyl sites for hydroxylation is 1. The lowest BCUT2D eigenvalue weighted by Crippen LogP contribution is -1.95. The molecular formula is C11H7Cl2NO3. The van der Waals surface area contributed by atoms with Crippen molar-refractivity contribution in [1.82, 2.24) is 4.98 Å². The molecule has 0 radical (unpaired) electrons. The van der Waals surface area contributed by atoms with Crippen molar-refractivity contribution in [2.24, 2.45) is 0 Å². The standard InChI is InChI=1S/C11H7Cl2NO3/c1-5-9(11(15)16)17-10(14-5)7-4-6(12)2-3-8(7)13/h2-4H,1H3,(H,15,16). The van der Waals surface area contributed by atoms with Crippen LogP contribution in [0, 0.1) is 6.92 Å². The Bertz CT molecular complexity index is 592. The number of hydrogen-bond donors (Lipinski definition) is 1. The molecule has 0 saturated carbocycles. The van der Waals surface area contributed by atoms with Gasteiger partial charge >= 0.3 is 5.97 Å². The number of hydrogen-bond acceptors (Lipinski definition) is 3. The molecule has 0 unspecified atom stereocenters. The predicted molar refractivity (Wildman–Crippen MR) is 63.7 cm³/mol. The van der Waals surface area contributed by atoms with Crippen LogP contribution in [0.4, 0.5) is 0 Å². The van der Waals surface area contributed by atoms with Crippen LogP contribution in [-0.4, -0.2) is 16.1 Å². The first-order valence-electron chi connectivity index (χ1n) is 4.65. The molecule has 0 aliphatic rings. The van der Waals surface area contributed by atoms with Gasteiger partial charge in [0, 0.05) is 5.02 Å². The van der Waals surface area contributed by atoms with E-state index in [2.05, 4.69) is 4.98 Å². The number of carboxylic acids is 1. The molecule has 0 atom stereocenters. The van der Waals surface area contributed by atoms with Crippen molar-refractivity contribution in [3.63, 3.8) is 0 Å². The highest BCUT2D eigenvalue weighted by Crippen LogP contribution is 2.31. The Kier molecular flexibility index (Phi) is 3.09. The van der Waals surface area contributed by atoms with Crippen molar-refractivity contribution >= 4 is 29.2 Å². The zero-order valence-corrected chi connectivity index (χ0v) is 10.2. The van der Waals surface area contributed by atoms with Gasteiger partial charge in [-0.1, -0.05) is 23.2 Å². The molecule has 0 amide bonds. The third kappa shape index (κ3) is 2.28. The minimum Gasteiger partial charge on any atom is -0.475 e. The van der Waals surface area contributed by atoms with E-state index in [0.717, 1.165) is 0 Å². The van der Waals surface area contributed by atoms with Gasteiger partial charge in [-0.3, -0.25) is 0 Å². The Labute approximate surface area is 107 Å². The summed E-state index contributed by atoms with van der Waals surface area (Å²) in [6.07, 6.45) is 0. The molecule has 1 heterocycles. The molecule has 6 heteroatoms. The second kappa shape index (κ2) is 4.39. The molecule has 1 aromatic carbocycles. The van der Waals surface area contributed by atoms with Crippen LogP contribution in [0.5, 0.6) is 0 Å². The molecule has 4 nitrogen and oxygen atoms in total. The Balaban J connectivity index is 2.57. The zero-order chi connectivity index (χ0) is 12.6. The number of carboxylic acid groups (broad SMARTS) is 1. The van der Waals surface area contributed by atoms with Gasteiger partial charge in [0.05, 0.1) is 16.3 Å². The minimum absolute atomic E-state index is 0.146. The third-order valence-electron chi connectivity index (χ3n) is 2.15. The molecule has 0 fully saturated rings. The monoisotopic (exact) mass is 271 g/mol. The van der Waals surface area contributed by atoms with Crippen molar-refractivity contribution < 1.29 is 14.3 Å². The van der Waals surface area contributed by atoms with Crippen molar-refractivity contribution in [2.45, 2.75) is 6.92 Å². The van der Waals surface area contributed by atoms with Crippen molar-refractivity contribution in [3.8, 4) is 11.5 Å². The smallest absolute Gasteiger partial charge is 0.373 e. The molecule has 0 spiro atoms. The van der Waals surface area contributed by atoms with E-state index in [1.54, 1.807) is 25.1 Å². The van der Waals surface area contributed by atoms with Crippen molar-refractivity contribution in [2.75, 3.05) is 0 Å². The molecule has 17 heavy (non-hydrogen) atoms. The highest BCUT2D eigenvalue weighted by atomic mass is 35.5. The van der Waals surface area contributed by atoms with Crippen LogP contribution in [0.25, 0.3) is 11.5 Å². The van der Waals surface area contributed by atoms with Gasteiger partial charge in [-0.05, 0) is 25.1 Å². The van der Waals surface area contributed by atoms with E-state index in [4.69, 9.17) is 32.7 Å². The summed E-state index contributed by atoms with van der Waals surface area (Å²) in [6.45, 7) is 1.55. The molecule has 2 rings (SSSR count). The lowest BCUT2D eigenvalue weighted by Gasteiger charge is -1.99. The summed E-state index contributed by atoms with van der Waals surface area (Å²) in [6, 6.07) is 4.79. The van der Waals surface area contributed by atoms with Crippen LogP contribution in [0.2, 0.25) is 10.0 Å². The highest BCUT2D eigenvalue weighted by molar-refractivity contribution is 6.35. The van der Waals surface area contributed by atoms with Gasteiger partial charge in [-0.2, -0.15) is 0 Å². The van der Waals surface area contributed by atoms with E-state index in [9.17, 15) is 4.79 Å². The van der Waals surface area contributed by atoms with E-state index < -0.39 is 5.97 Å². The van der Waals surface area contributed by atoms with Crippen molar-refractivity contribution in [3.05, 3.63) is 39.7 Å². The van der Waals surface area contributed by atoms with Crippen molar-refractivity contribution in [1.29, 1.82) is 0 Å². The highest BCUT2D eigenvalue weighted by Gasteiger charge is 2.18. The van der Waals surface area contributed by atoms with Crippen LogP contribution < -0.4 is 0 Å². The number of rotatable bonds is 2. The molecule has 0 bridgehead atoms. The number of halogens is 2. The summed E-state index contributed by atoms with van der Waals surface area (Å²) < 4.78 is 5.14. The fourth-order valence-electron chi connectivity index (χ4n) is 1.37. The Morgan fingerprint density at radius 1 is 1.41 bits per heavy atom. The first-order valence-corrected chi connectivity index (χ1v) is 5.41. The number of oxazole rings is 1. The van der Waals surface area contributed by atoms with Crippen LogP contribution >= 0.6 is 23.2 Å². The fraction of sp³-hybridized carbons (Fsp3) is 0.0909. The van der Waals surface area contributed by atoms with E-state index >= 15 is 0 Å². The second-order valence-corrected chi connectivity index (χ2v) is 4.21. The lowest BCUT2D eigenvalue weighted by atomic mass is 10.2. The topological polar surface area (TPSA) is 63.3 Å². The largest absolute Gasteiger partial charge is 0.475 e. The van der Waals surface area contributed by atoms with Gasteiger partial charge in [0.2, 0.25) is 11.7 Å². The summed E-state index contributed by atoms with van der Waals surface area (Å²) in [5.41, 5.74) is 0.762. The summed E-state index contributed by atoms with van der Waals surface area (Å²) in [7, 11) is 0. The average Bonchev–Trinajstić information content (AvgIpc) is 2.64. The van der Waals surface area contributed by atoms with Gasteiger partial charge in [-0.15, -0.1) is 0 Å².